The van der Waals surface area contributed by atoms with Crippen LogP contribution in [0.15, 0.2) is 158 Å². The van der Waals surface area contributed by atoms with Crippen LogP contribution in [0.25, 0.3) is 88.5 Å². The molecule has 0 saturated heterocycles. The van der Waals surface area contributed by atoms with Crippen LogP contribution in [0.5, 0.6) is 0 Å². The summed E-state index contributed by atoms with van der Waals surface area (Å²) in [5.74, 6) is 3.86. The van der Waals surface area contributed by atoms with Gasteiger partial charge in [0.2, 0.25) is 0 Å². The van der Waals surface area contributed by atoms with Gasteiger partial charge in [-0.15, -0.1) is 11.3 Å². The Morgan fingerprint density at radius 3 is 0.816 bits per heavy atom. The Balaban J connectivity index is 1.15. The molecule has 0 aliphatic carbocycles. The standard InChI is InChI=1S/C42H26N6S/c1-5-13-27(14-6-1)37-43-38(28-15-7-2-8-16-28)46-41(45-37)31-21-23-33-34-24-22-32(26-36(34)49-35(33)25-31)42-47-39(29-17-9-3-10-18-29)44-40(48-42)30-19-11-4-12-20-30/h1-26H. The first-order chi connectivity index (χ1) is 24.2. The number of rotatable bonds is 6. The summed E-state index contributed by atoms with van der Waals surface area (Å²) >= 11 is 1.74. The van der Waals surface area contributed by atoms with E-state index in [1.807, 2.05) is 121 Å². The molecule has 0 aliphatic rings. The number of nitrogens with zero attached hydrogens (tertiary/aromatic N) is 6. The van der Waals surface area contributed by atoms with Crippen LogP contribution in [0.4, 0.5) is 0 Å². The fourth-order valence-corrected chi connectivity index (χ4v) is 7.12. The Morgan fingerprint density at radius 1 is 0.265 bits per heavy atom. The van der Waals surface area contributed by atoms with Gasteiger partial charge in [0, 0.05) is 53.6 Å². The van der Waals surface area contributed by atoms with Gasteiger partial charge >= 0.3 is 0 Å². The fourth-order valence-electron chi connectivity index (χ4n) is 5.93. The molecule has 0 atom stereocenters. The summed E-state index contributed by atoms with van der Waals surface area (Å²) in [5, 5.41) is 2.36. The predicted octanol–water partition coefficient (Wildman–Crippen LogP) is 10.4. The van der Waals surface area contributed by atoms with Crippen molar-refractivity contribution in [1.29, 1.82) is 0 Å². The normalized spacial score (nSPS) is 11.3. The van der Waals surface area contributed by atoms with E-state index >= 15 is 0 Å². The Hall–Kier alpha value is -6.44. The van der Waals surface area contributed by atoms with Crippen LogP contribution in [-0.4, -0.2) is 29.9 Å². The van der Waals surface area contributed by atoms with E-state index < -0.39 is 0 Å². The minimum Gasteiger partial charge on any atom is -0.208 e. The lowest BCUT2D eigenvalue weighted by Crippen LogP contribution is -2.00. The zero-order valence-electron chi connectivity index (χ0n) is 26.1. The van der Waals surface area contributed by atoms with E-state index in [1.165, 1.54) is 10.8 Å². The number of hydrogen-bond acceptors (Lipinski definition) is 7. The first-order valence-electron chi connectivity index (χ1n) is 16.0. The Morgan fingerprint density at radius 2 is 0.531 bits per heavy atom. The Labute approximate surface area is 286 Å². The summed E-state index contributed by atoms with van der Waals surface area (Å²) in [7, 11) is 0. The SMILES string of the molecule is c1ccc(-c2nc(-c3ccccc3)nc(-c3ccc4c(c3)sc3cc(-c5nc(-c6ccccc6)nc(-c6ccccc6)n5)ccc34)n2)cc1. The molecule has 0 spiro atoms. The van der Waals surface area contributed by atoms with Gasteiger partial charge in [-0.25, -0.2) is 29.9 Å². The highest BCUT2D eigenvalue weighted by molar-refractivity contribution is 7.25. The van der Waals surface area contributed by atoms with Crippen LogP contribution in [0.2, 0.25) is 0 Å². The second-order valence-electron chi connectivity index (χ2n) is 11.6. The van der Waals surface area contributed by atoms with Gasteiger partial charge in [0.15, 0.2) is 34.9 Å². The average Bonchev–Trinajstić information content (AvgIpc) is 3.56. The molecule has 0 fully saturated rings. The lowest BCUT2D eigenvalue weighted by atomic mass is 10.1. The second kappa shape index (κ2) is 12.3. The zero-order chi connectivity index (χ0) is 32.6. The van der Waals surface area contributed by atoms with E-state index in [1.54, 1.807) is 11.3 Å². The van der Waals surface area contributed by atoms with E-state index in [4.69, 9.17) is 29.9 Å². The number of benzene rings is 6. The quantitative estimate of drug-likeness (QED) is 0.179. The monoisotopic (exact) mass is 646 g/mol. The van der Waals surface area contributed by atoms with E-state index in [-0.39, 0.29) is 0 Å². The van der Waals surface area contributed by atoms with Gasteiger partial charge in [0.05, 0.1) is 0 Å². The van der Waals surface area contributed by atoms with Gasteiger partial charge < -0.3 is 0 Å². The van der Waals surface area contributed by atoms with E-state index in [0.717, 1.165) is 42.8 Å². The van der Waals surface area contributed by atoms with Crippen molar-refractivity contribution >= 4 is 31.5 Å². The van der Waals surface area contributed by atoms with Crippen LogP contribution in [0.3, 0.4) is 0 Å². The first kappa shape index (κ1) is 28.8. The maximum absolute atomic E-state index is 4.94. The molecule has 0 unspecified atom stereocenters. The van der Waals surface area contributed by atoms with Gasteiger partial charge in [0.1, 0.15) is 0 Å². The highest BCUT2D eigenvalue weighted by Gasteiger charge is 2.16. The topological polar surface area (TPSA) is 77.3 Å². The van der Waals surface area contributed by atoms with Crippen LogP contribution in [-0.2, 0) is 0 Å². The second-order valence-corrected chi connectivity index (χ2v) is 12.7. The number of fused-ring (bicyclic) bond motifs is 3. The molecule has 9 aromatic rings. The molecule has 49 heavy (non-hydrogen) atoms. The van der Waals surface area contributed by atoms with E-state index in [0.29, 0.717) is 34.9 Å². The van der Waals surface area contributed by atoms with Crippen molar-refractivity contribution in [2.45, 2.75) is 0 Å². The summed E-state index contributed by atoms with van der Waals surface area (Å²) in [6.07, 6.45) is 0. The van der Waals surface area contributed by atoms with Crippen molar-refractivity contribution in [3.63, 3.8) is 0 Å². The third-order valence-corrected chi connectivity index (χ3v) is 9.50. The summed E-state index contributed by atoms with van der Waals surface area (Å²) in [6.45, 7) is 0. The molecular weight excluding hydrogens is 621 g/mol. The fraction of sp³-hybridized carbons (Fsp3) is 0. The lowest BCUT2D eigenvalue weighted by molar-refractivity contribution is 1.07. The van der Waals surface area contributed by atoms with Crippen LogP contribution >= 0.6 is 11.3 Å². The third-order valence-electron chi connectivity index (χ3n) is 8.39. The molecule has 3 aromatic heterocycles. The molecule has 0 saturated carbocycles. The van der Waals surface area contributed by atoms with Crippen molar-refractivity contribution in [1.82, 2.24) is 29.9 Å². The van der Waals surface area contributed by atoms with E-state index in [2.05, 4.69) is 36.4 Å². The van der Waals surface area contributed by atoms with Gasteiger partial charge in [0.25, 0.3) is 0 Å². The molecule has 230 valence electrons. The van der Waals surface area contributed by atoms with Crippen LogP contribution in [0.1, 0.15) is 0 Å². The summed E-state index contributed by atoms with van der Waals surface area (Å²) < 4.78 is 2.30. The van der Waals surface area contributed by atoms with Gasteiger partial charge in [-0.05, 0) is 12.1 Å². The lowest BCUT2D eigenvalue weighted by Gasteiger charge is -2.08. The van der Waals surface area contributed by atoms with Crippen molar-refractivity contribution in [2.24, 2.45) is 0 Å². The summed E-state index contributed by atoms with van der Waals surface area (Å²) in [5.41, 5.74) is 5.67. The van der Waals surface area contributed by atoms with Gasteiger partial charge in [-0.3, -0.25) is 0 Å². The summed E-state index contributed by atoms with van der Waals surface area (Å²) in [4.78, 5) is 29.5. The molecule has 3 heterocycles. The molecule has 9 rings (SSSR count). The minimum absolute atomic E-state index is 0.639. The molecular formula is C42H26N6S. The maximum atomic E-state index is 4.94. The molecule has 0 bridgehead atoms. The Kier molecular flexibility index (Phi) is 7.22. The number of hydrogen-bond donors (Lipinski definition) is 0. The molecule has 6 nitrogen and oxygen atoms in total. The molecule has 0 amide bonds. The van der Waals surface area contributed by atoms with E-state index in [9.17, 15) is 0 Å². The first-order valence-corrected chi connectivity index (χ1v) is 16.8. The minimum atomic E-state index is 0.639. The summed E-state index contributed by atoms with van der Waals surface area (Å²) in [6, 6.07) is 53.1. The molecule has 0 aliphatic heterocycles. The largest absolute Gasteiger partial charge is 0.208 e. The maximum Gasteiger partial charge on any atom is 0.164 e. The van der Waals surface area contributed by atoms with Gasteiger partial charge in [-0.2, -0.15) is 0 Å². The third kappa shape index (κ3) is 5.62. The molecule has 0 N–H and O–H groups in total. The van der Waals surface area contributed by atoms with Crippen molar-refractivity contribution < 1.29 is 0 Å². The van der Waals surface area contributed by atoms with Gasteiger partial charge in [-0.1, -0.05) is 146 Å². The average molecular weight is 647 g/mol. The van der Waals surface area contributed by atoms with Crippen LogP contribution in [0, 0.1) is 0 Å². The Bertz CT molecular complexity index is 2290. The molecule has 0 radical (unpaired) electrons. The highest BCUT2D eigenvalue weighted by Crippen LogP contribution is 2.38. The smallest absolute Gasteiger partial charge is 0.164 e. The molecule has 7 heteroatoms. The highest BCUT2D eigenvalue weighted by atomic mass is 32.1. The van der Waals surface area contributed by atoms with Crippen molar-refractivity contribution in [3.05, 3.63) is 158 Å². The van der Waals surface area contributed by atoms with Crippen LogP contribution < -0.4 is 0 Å². The number of aromatic nitrogens is 6. The molecule has 6 aromatic carbocycles. The van der Waals surface area contributed by atoms with Crippen molar-refractivity contribution in [3.8, 4) is 68.3 Å². The number of thiophene rings is 1. The van der Waals surface area contributed by atoms with Crippen molar-refractivity contribution in [2.75, 3.05) is 0 Å². The zero-order valence-corrected chi connectivity index (χ0v) is 26.9. The predicted molar refractivity (Wildman–Crippen MR) is 199 cm³/mol.